The first kappa shape index (κ1) is 15.2. The maximum Gasteiger partial charge on any atom is 0.341 e. The van der Waals surface area contributed by atoms with Crippen LogP contribution in [0.2, 0.25) is 0 Å². The highest BCUT2D eigenvalue weighted by Crippen LogP contribution is 2.16. The summed E-state index contributed by atoms with van der Waals surface area (Å²) in [5.41, 5.74) is 6.05. The van der Waals surface area contributed by atoms with Crippen molar-refractivity contribution in [3.05, 3.63) is 17.8 Å². The van der Waals surface area contributed by atoms with E-state index in [1.165, 1.54) is 19.4 Å². The van der Waals surface area contributed by atoms with E-state index in [9.17, 15) is 13.2 Å². The van der Waals surface area contributed by atoms with Gasteiger partial charge in [-0.3, -0.25) is 0 Å². The van der Waals surface area contributed by atoms with E-state index < -0.39 is 15.8 Å². The van der Waals surface area contributed by atoms with E-state index in [2.05, 4.69) is 15.0 Å². The Hall–Kier alpha value is -1.83. The third-order valence-electron chi connectivity index (χ3n) is 2.46. The Balaban J connectivity index is 2.81. The number of ether oxygens (including phenoxy) is 1. The van der Waals surface area contributed by atoms with Crippen molar-refractivity contribution in [2.75, 3.05) is 36.2 Å². The molecule has 0 aliphatic rings. The van der Waals surface area contributed by atoms with Gasteiger partial charge in [0, 0.05) is 12.3 Å². The molecular formula is C11H17N3O4S. The number of nitrogens with two attached hydrogens (primary N) is 1. The summed E-state index contributed by atoms with van der Waals surface area (Å²) >= 11 is 0. The molecule has 0 aliphatic heterocycles. The number of sulfone groups is 1. The van der Waals surface area contributed by atoms with Crippen LogP contribution in [0.25, 0.3) is 0 Å². The van der Waals surface area contributed by atoms with Crippen molar-refractivity contribution in [1.82, 2.24) is 4.98 Å². The van der Waals surface area contributed by atoms with Crippen molar-refractivity contribution < 1.29 is 17.9 Å². The van der Waals surface area contributed by atoms with E-state index in [4.69, 9.17) is 5.73 Å². The van der Waals surface area contributed by atoms with Crippen molar-refractivity contribution in [3.8, 4) is 0 Å². The van der Waals surface area contributed by atoms with E-state index in [1.807, 2.05) is 0 Å². The maximum absolute atomic E-state index is 11.5. The molecule has 7 nitrogen and oxygen atoms in total. The zero-order valence-corrected chi connectivity index (χ0v) is 11.7. The molecule has 0 fully saturated rings. The predicted octanol–water partition coefficient (Wildman–Crippen LogP) is 0.297. The number of hydrogen-bond donors (Lipinski definition) is 2. The molecule has 0 aliphatic carbocycles. The van der Waals surface area contributed by atoms with Gasteiger partial charge in [-0.25, -0.2) is 18.2 Å². The first-order valence-electron chi connectivity index (χ1n) is 5.67. The molecule has 0 atom stereocenters. The summed E-state index contributed by atoms with van der Waals surface area (Å²) in [5.74, 6) is -0.280. The SMILES string of the molecule is CCS(=O)(=O)CCNc1ncc(N)cc1C(=O)OC. The quantitative estimate of drug-likeness (QED) is 0.723. The number of aromatic nitrogens is 1. The fourth-order valence-electron chi connectivity index (χ4n) is 1.36. The molecule has 0 radical (unpaired) electrons. The van der Waals surface area contributed by atoms with Crippen LogP contribution in [0, 0.1) is 0 Å². The lowest BCUT2D eigenvalue weighted by molar-refractivity contribution is 0.0601. The van der Waals surface area contributed by atoms with Crippen LogP contribution in [0.15, 0.2) is 12.3 Å². The van der Waals surface area contributed by atoms with Gasteiger partial charge >= 0.3 is 5.97 Å². The molecule has 1 rings (SSSR count). The highest BCUT2D eigenvalue weighted by Gasteiger charge is 2.14. The topological polar surface area (TPSA) is 111 Å². The Bertz CT molecular complexity index is 557. The van der Waals surface area contributed by atoms with E-state index in [-0.39, 0.29) is 29.4 Å². The maximum atomic E-state index is 11.5. The Morgan fingerprint density at radius 2 is 2.21 bits per heavy atom. The standard InChI is InChI=1S/C11H17N3O4S/c1-3-19(16,17)5-4-13-10-9(11(15)18-2)6-8(12)7-14-10/h6-7H,3-5,12H2,1-2H3,(H,13,14). The summed E-state index contributed by atoms with van der Waals surface area (Å²) in [6.07, 6.45) is 1.38. The molecule has 0 spiro atoms. The predicted molar refractivity (Wildman–Crippen MR) is 72.8 cm³/mol. The van der Waals surface area contributed by atoms with Crippen LogP contribution in [0.3, 0.4) is 0 Å². The van der Waals surface area contributed by atoms with Gasteiger partial charge in [-0.1, -0.05) is 6.92 Å². The van der Waals surface area contributed by atoms with Crippen LogP contribution in [0.4, 0.5) is 11.5 Å². The van der Waals surface area contributed by atoms with E-state index in [0.29, 0.717) is 5.69 Å². The second-order valence-electron chi connectivity index (χ2n) is 3.82. The van der Waals surface area contributed by atoms with E-state index >= 15 is 0 Å². The van der Waals surface area contributed by atoms with Crippen molar-refractivity contribution in [2.45, 2.75) is 6.92 Å². The highest BCUT2D eigenvalue weighted by atomic mass is 32.2. The minimum absolute atomic E-state index is 0.0316. The van der Waals surface area contributed by atoms with Crippen LogP contribution in [-0.4, -0.2) is 44.5 Å². The number of nitrogens with zero attached hydrogens (tertiary/aromatic N) is 1. The average Bonchev–Trinajstić information content (AvgIpc) is 2.39. The smallest absolute Gasteiger partial charge is 0.341 e. The molecule has 0 bridgehead atoms. The monoisotopic (exact) mass is 287 g/mol. The molecule has 3 N–H and O–H groups in total. The van der Waals surface area contributed by atoms with Crippen LogP contribution < -0.4 is 11.1 Å². The second-order valence-corrected chi connectivity index (χ2v) is 6.29. The van der Waals surface area contributed by atoms with Gasteiger partial charge in [0.25, 0.3) is 0 Å². The number of rotatable bonds is 6. The highest BCUT2D eigenvalue weighted by molar-refractivity contribution is 7.91. The molecule has 1 aromatic heterocycles. The summed E-state index contributed by atoms with van der Waals surface area (Å²) in [4.78, 5) is 15.5. The Morgan fingerprint density at radius 1 is 1.53 bits per heavy atom. The summed E-state index contributed by atoms with van der Waals surface area (Å²) in [5, 5.41) is 2.80. The van der Waals surface area contributed by atoms with Crippen molar-refractivity contribution in [1.29, 1.82) is 0 Å². The third kappa shape index (κ3) is 4.40. The second kappa shape index (κ2) is 6.37. The van der Waals surface area contributed by atoms with Crippen LogP contribution in [-0.2, 0) is 14.6 Å². The number of carbonyl (C=O) groups is 1. The molecule has 0 unspecified atom stereocenters. The van der Waals surface area contributed by atoms with E-state index in [1.54, 1.807) is 6.92 Å². The molecule has 19 heavy (non-hydrogen) atoms. The fraction of sp³-hybridized carbons (Fsp3) is 0.455. The number of hydrogen-bond acceptors (Lipinski definition) is 7. The number of nitrogens with one attached hydrogen (secondary N) is 1. The summed E-state index contributed by atoms with van der Waals surface area (Å²) in [6.45, 7) is 1.74. The summed E-state index contributed by atoms with van der Waals surface area (Å²) < 4.78 is 27.3. The number of methoxy groups -OCH3 is 1. The van der Waals surface area contributed by atoms with Gasteiger partial charge in [-0.15, -0.1) is 0 Å². The van der Waals surface area contributed by atoms with Gasteiger partial charge in [0.15, 0.2) is 9.84 Å². The fourth-order valence-corrected chi connectivity index (χ4v) is 2.06. The average molecular weight is 287 g/mol. The zero-order chi connectivity index (χ0) is 14.5. The van der Waals surface area contributed by atoms with Crippen molar-refractivity contribution >= 4 is 27.3 Å². The van der Waals surface area contributed by atoms with Gasteiger partial charge in [-0.05, 0) is 6.07 Å². The van der Waals surface area contributed by atoms with Gasteiger partial charge < -0.3 is 15.8 Å². The van der Waals surface area contributed by atoms with Gasteiger partial charge in [0.2, 0.25) is 0 Å². The number of anilines is 2. The number of carbonyl (C=O) groups excluding carboxylic acids is 1. The van der Waals surface area contributed by atoms with Crippen LogP contribution in [0.5, 0.6) is 0 Å². The number of pyridine rings is 1. The van der Waals surface area contributed by atoms with Gasteiger partial charge in [0.05, 0.1) is 24.7 Å². The largest absolute Gasteiger partial charge is 0.465 e. The lowest BCUT2D eigenvalue weighted by Gasteiger charge is -2.10. The normalized spacial score (nSPS) is 11.1. The molecular weight excluding hydrogens is 270 g/mol. The van der Waals surface area contributed by atoms with E-state index in [0.717, 1.165) is 0 Å². The molecule has 0 aromatic carbocycles. The first-order chi connectivity index (χ1) is 8.89. The zero-order valence-electron chi connectivity index (χ0n) is 10.8. The Morgan fingerprint density at radius 3 is 2.79 bits per heavy atom. The van der Waals surface area contributed by atoms with Crippen molar-refractivity contribution in [3.63, 3.8) is 0 Å². The molecule has 106 valence electrons. The molecule has 1 heterocycles. The molecule has 1 aromatic rings. The lowest BCUT2D eigenvalue weighted by Crippen LogP contribution is -2.19. The first-order valence-corrected chi connectivity index (χ1v) is 7.50. The van der Waals surface area contributed by atoms with Gasteiger partial charge in [0.1, 0.15) is 11.4 Å². The Labute approximate surface area is 112 Å². The molecule has 0 saturated heterocycles. The van der Waals surface area contributed by atoms with Crippen LogP contribution in [0.1, 0.15) is 17.3 Å². The summed E-state index contributed by atoms with van der Waals surface area (Å²) in [6, 6.07) is 1.43. The third-order valence-corrected chi connectivity index (χ3v) is 4.17. The molecule has 0 saturated carbocycles. The molecule has 0 amide bonds. The lowest BCUT2D eigenvalue weighted by atomic mass is 10.2. The Kier molecular flexibility index (Phi) is 5.11. The van der Waals surface area contributed by atoms with Gasteiger partial charge in [-0.2, -0.15) is 0 Å². The number of nitrogen functional groups attached to an aromatic ring is 1. The minimum Gasteiger partial charge on any atom is -0.465 e. The molecule has 8 heteroatoms. The summed E-state index contributed by atoms with van der Waals surface area (Å²) in [7, 11) is -1.82. The minimum atomic E-state index is -3.07. The van der Waals surface area contributed by atoms with Crippen molar-refractivity contribution in [2.24, 2.45) is 0 Å². The number of esters is 1. The van der Waals surface area contributed by atoms with Crippen LogP contribution >= 0.6 is 0 Å².